The van der Waals surface area contributed by atoms with Gasteiger partial charge in [0.15, 0.2) is 0 Å². The molecule has 0 aromatic carbocycles. The van der Waals surface area contributed by atoms with E-state index in [-0.39, 0.29) is 0 Å². The summed E-state index contributed by atoms with van der Waals surface area (Å²) in [6, 6.07) is 1.84. The van der Waals surface area contributed by atoms with Crippen LogP contribution in [0.3, 0.4) is 0 Å². The van der Waals surface area contributed by atoms with Crippen LogP contribution in [-0.4, -0.2) is 24.7 Å². The Morgan fingerprint density at radius 1 is 1.41 bits per heavy atom. The summed E-state index contributed by atoms with van der Waals surface area (Å²) in [5.74, 6) is 0.738. The van der Waals surface area contributed by atoms with Crippen molar-refractivity contribution in [2.24, 2.45) is 0 Å². The molecular weight excluding hydrogens is 282 g/mol. The van der Waals surface area contributed by atoms with Crippen molar-refractivity contribution in [1.29, 1.82) is 0 Å². The van der Waals surface area contributed by atoms with Crippen LogP contribution < -0.4 is 11.1 Å². The zero-order valence-electron chi connectivity index (χ0n) is 10.2. The number of aromatic nitrogens is 1. The molecule has 0 bridgehead atoms. The first kappa shape index (κ1) is 14.3. The average molecular weight is 302 g/mol. The van der Waals surface area contributed by atoms with Gasteiger partial charge >= 0.3 is 0 Å². The first-order chi connectivity index (χ1) is 8.24. The summed E-state index contributed by atoms with van der Waals surface area (Å²) < 4.78 is 6.35. The number of anilines is 2. The molecule has 5 heteroatoms. The molecule has 17 heavy (non-hydrogen) atoms. The van der Waals surface area contributed by atoms with Crippen LogP contribution in [0.15, 0.2) is 16.7 Å². The lowest BCUT2D eigenvalue weighted by Crippen LogP contribution is -2.09. The van der Waals surface area contributed by atoms with Gasteiger partial charge in [0.1, 0.15) is 5.82 Å². The van der Waals surface area contributed by atoms with Gasteiger partial charge in [-0.1, -0.05) is 13.3 Å². The van der Waals surface area contributed by atoms with Gasteiger partial charge in [-0.25, -0.2) is 4.98 Å². The highest BCUT2D eigenvalue weighted by Crippen LogP contribution is 2.19. The molecule has 0 aliphatic carbocycles. The third-order valence-electron chi connectivity index (χ3n) is 2.28. The third-order valence-corrected chi connectivity index (χ3v) is 2.72. The number of ether oxygens (including phenoxy) is 1. The lowest BCUT2D eigenvalue weighted by atomic mass is 10.3. The van der Waals surface area contributed by atoms with Crippen molar-refractivity contribution in [3.8, 4) is 0 Å². The minimum absolute atomic E-state index is 0.659. The van der Waals surface area contributed by atoms with Gasteiger partial charge in [-0.05, 0) is 34.8 Å². The highest BCUT2D eigenvalue weighted by molar-refractivity contribution is 9.10. The number of nitrogen functional groups attached to an aromatic ring is 1. The van der Waals surface area contributed by atoms with Gasteiger partial charge in [0.2, 0.25) is 0 Å². The van der Waals surface area contributed by atoms with Gasteiger partial charge in [0, 0.05) is 30.4 Å². The minimum Gasteiger partial charge on any atom is -0.396 e. The Hall–Kier alpha value is -0.810. The normalized spacial score (nSPS) is 10.5. The predicted molar refractivity (Wildman–Crippen MR) is 75.2 cm³/mol. The summed E-state index contributed by atoms with van der Waals surface area (Å²) in [7, 11) is 0. The Labute approximate surface area is 111 Å². The number of hydrogen-bond acceptors (Lipinski definition) is 4. The van der Waals surface area contributed by atoms with Crippen LogP contribution in [-0.2, 0) is 4.74 Å². The summed E-state index contributed by atoms with van der Waals surface area (Å²) in [6.45, 7) is 4.62. The zero-order chi connectivity index (χ0) is 12.5. The molecular formula is C12H20BrN3O. The number of nitrogens with zero attached hydrogens (tertiary/aromatic N) is 1. The van der Waals surface area contributed by atoms with E-state index >= 15 is 0 Å². The predicted octanol–water partition coefficient (Wildman–Crippen LogP) is 3.05. The number of hydrogen-bond donors (Lipinski definition) is 2. The van der Waals surface area contributed by atoms with Crippen LogP contribution in [0.4, 0.5) is 11.5 Å². The molecule has 0 amide bonds. The van der Waals surface area contributed by atoms with E-state index < -0.39 is 0 Å². The van der Waals surface area contributed by atoms with E-state index in [2.05, 4.69) is 33.2 Å². The average Bonchev–Trinajstić information content (AvgIpc) is 2.30. The second-order valence-corrected chi connectivity index (χ2v) is 4.75. The number of nitrogens with one attached hydrogen (secondary N) is 1. The molecule has 96 valence electrons. The third kappa shape index (κ3) is 5.89. The van der Waals surface area contributed by atoms with Crippen LogP contribution in [0.2, 0.25) is 0 Å². The topological polar surface area (TPSA) is 60.2 Å². The van der Waals surface area contributed by atoms with Crippen LogP contribution in [0.1, 0.15) is 26.2 Å². The quantitative estimate of drug-likeness (QED) is 0.725. The molecule has 3 N–H and O–H groups in total. The Morgan fingerprint density at radius 3 is 2.88 bits per heavy atom. The zero-order valence-corrected chi connectivity index (χ0v) is 11.8. The van der Waals surface area contributed by atoms with Crippen molar-refractivity contribution >= 4 is 27.4 Å². The van der Waals surface area contributed by atoms with Crippen molar-refractivity contribution in [1.82, 2.24) is 4.98 Å². The molecule has 1 heterocycles. The van der Waals surface area contributed by atoms with Gasteiger partial charge < -0.3 is 15.8 Å². The molecule has 0 saturated heterocycles. The molecule has 0 fully saturated rings. The fraction of sp³-hybridized carbons (Fsp3) is 0.583. The Balaban J connectivity index is 2.14. The van der Waals surface area contributed by atoms with Gasteiger partial charge in [-0.3, -0.25) is 0 Å². The SMILES string of the molecule is CCCCOCCCNc1ncc(Br)cc1N. The molecule has 0 radical (unpaired) electrons. The summed E-state index contributed by atoms with van der Waals surface area (Å²) in [4.78, 5) is 4.20. The van der Waals surface area contributed by atoms with E-state index in [1.807, 2.05) is 6.07 Å². The first-order valence-corrected chi connectivity index (χ1v) is 6.76. The van der Waals surface area contributed by atoms with Gasteiger partial charge in [0.05, 0.1) is 5.69 Å². The minimum atomic E-state index is 0.659. The molecule has 4 nitrogen and oxygen atoms in total. The monoisotopic (exact) mass is 301 g/mol. The van der Waals surface area contributed by atoms with E-state index in [9.17, 15) is 0 Å². The fourth-order valence-electron chi connectivity index (χ4n) is 1.33. The van der Waals surface area contributed by atoms with E-state index in [0.29, 0.717) is 5.69 Å². The number of pyridine rings is 1. The maximum absolute atomic E-state index is 5.82. The highest BCUT2D eigenvalue weighted by atomic mass is 79.9. The molecule has 0 unspecified atom stereocenters. The summed E-state index contributed by atoms with van der Waals surface area (Å²) >= 11 is 3.32. The van der Waals surface area contributed by atoms with Crippen molar-refractivity contribution in [3.05, 3.63) is 16.7 Å². The number of halogens is 1. The highest BCUT2D eigenvalue weighted by Gasteiger charge is 2.00. The van der Waals surface area contributed by atoms with Crippen LogP contribution in [0.5, 0.6) is 0 Å². The van der Waals surface area contributed by atoms with E-state index in [1.54, 1.807) is 6.20 Å². The molecule has 0 atom stereocenters. The molecule has 1 rings (SSSR count). The Morgan fingerprint density at radius 2 is 2.18 bits per heavy atom. The number of rotatable bonds is 8. The van der Waals surface area contributed by atoms with Gasteiger partial charge in [-0.15, -0.1) is 0 Å². The molecule has 0 aliphatic heterocycles. The Kier molecular flexibility index (Phi) is 6.96. The van der Waals surface area contributed by atoms with Crippen LogP contribution >= 0.6 is 15.9 Å². The fourth-order valence-corrected chi connectivity index (χ4v) is 1.68. The van der Waals surface area contributed by atoms with Crippen LogP contribution in [0.25, 0.3) is 0 Å². The first-order valence-electron chi connectivity index (χ1n) is 5.96. The van der Waals surface area contributed by atoms with Crippen molar-refractivity contribution in [2.45, 2.75) is 26.2 Å². The number of unbranched alkanes of at least 4 members (excludes halogenated alkanes) is 1. The van der Waals surface area contributed by atoms with Crippen molar-refractivity contribution in [2.75, 3.05) is 30.8 Å². The Bertz CT molecular complexity index is 334. The van der Waals surface area contributed by atoms with E-state index in [4.69, 9.17) is 10.5 Å². The summed E-state index contributed by atoms with van der Waals surface area (Å²) in [6.07, 6.45) is 5.00. The maximum atomic E-state index is 5.82. The van der Waals surface area contributed by atoms with E-state index in [0.717, 1.165) is 42.9 Å². The smallest absolute Gasteiger partial charge is 0.149 e. The van der Waals surface area contributed by atoms with Crippen molar-refractivity contribution < 1.29 is 4.74 Å². The molecule has 0 saturated carbocycles. The van der Waals surface area contributed by atoms with Gasteiger partial charge in [-0.2, -0.15) is 0 Å². The largest absolute Gasteiger partial charge is 0.396 e. The molecule has 0 spiro atoms. The van der Waals surface area contributed by atoms with Crippen molar-refractivity contribution in [3.63, 3.8) is 0 Å². The second kappa shape index (κ2) is 8.31. The van der Waals surface area contributed by atoms with Gasteiger partial charge in [0.25, 0.3) is 0 Å². The lowest BCUT2D eigenvalue weighted by Gasteiger charge is -2.08. The number of nitrogens with two attached hydrogens (primary N) is 1. The molecule has 0 aliphatic rings. The second-order valence-electron chi connectivity index (χ2n) is 3.84. The summed E-state index contributed by atoms with van der Waals surface area (Å²) in [5, 5.41) is 3.19. The van der Waals surface area contributed by atoms with Crippen LogP contribution in [0, 0.1) is 0 Å². The molecule has 1 aromatic heterocycles. The summed E-state index contributed by atoms with van der Waals surface area (Å²) in [5.41, 5.74) is 6.47. The lowest BCUT2D eigenvalue weighted by molar-refractivity contribution is 0.131. The molecule has 1 aromatic rings. The van der Waals surface area contributed by atoms with E-state index in [1.165, 1.54) is 6.42 Å². The standard InChI is InChI=1S/C12H20BrN3O/c1-2-3-6-17-7-4-5-15-12-11(14)8-10(13)9-16-12/h8-9H,2-7,14H2,1H3,(H,15,16). The maximum Gasteiger partial charge on any atom is 0.149 e.